The van der Waals surface area contributed by atoms with E-state index in [1.807, 2.05) is 68.1 Å². The normalized spacial score (nSPS) is 10.6. The van der Waals surface area contributed by atoms with E-state index in [4.69, 9.17) is 0 Å². The predicted molar refractivity (Wildman–Crippen MR) is 81.7 cm³/mol. The fraction of sp³-hybridized carbons (Fsp3) is 0.294. The molecule has 0 aliphatic heterocycles. The van der Waals surface area contributed by atoms with Gasteiger partial charge in [-0.05, 0) is 44.5 Å². The molecule has 3 heteroatoms. The van der Waals surface area contributed by atoms with Gasteiger partial charge < -0.3 is 4.90 Å². The maximum Gasteiger partial charge on any atom is 0.231 e. The van der Waals surface area contributed by atoms with Gasteiger partial charge in [-0.1, -0.05) is 24.3 Å². The molecule has 0 fully saturated rings. The zero-order chi connectivity index (χ0) is 14.5. The van der Waals surface area contributed by atoms with E-state index in [0.717, 1.165) is 16.9 Å². The van der Waals surface area contributed by atoms with Crippen LogP contribution in [0.15, 0.2) is 48.7 Å². The molecule has 2 rings (SSSR count). The number of aromatic nitrogens is 1. The molecule has 1 heterocycles. The first-order valence-corrected chi connectivity index (χ1v) is 6.86. The smallest absolute Gasteiger partial charge is 0.231 e. The van der Waals surface area contributed by atoms with Gasteiger partial charge in [-0.25, -0.2) is 0 Å². The van der Waals surface area contributed by atoms with Gasteiger partial charge in [0.05, 0.1) is 6.42 Å². The number of benzene rings is 1. The number of carbonyl (C=O) groups excluding carboxylic acids is 1. The molecule has 0 spiro atoms. The second-order valence-corrected chi connectivity index (χ2v) is 5.18. The zero-order valence-electron chi connectivity index (χ0n) is 12.2. The van der Waals surface area contributed by atoms with Crippen molar-refractivity contribution in [1.29, 1.82) is 0 Å². The highest BCUT2D eigenvalue weighted by Gasteiger charge is 2.18. The number of nitrogens with zero attached hydrogens (tertiary/aromatic N) is 2. The molecule has 0 bridgehead atoms. The van der Waals surface area contributed by atoms with Gasteiger partial charge in [-0.15, -0.1) is 0 Å². The van der Waals surface area contributed by atoms with E-state index in [-0.39, 0.29) is 11.9 Å². The van der Waals surface area contributed by atoms with Crippen LogP contribution >= 0.6 is 0 Å². The van der Waals surface area contributed by atoms with E-state index in [1.54, 1.807) is 6.20 Å². The van der Waals surface area contributed by atoms with Crippen molar-refractivity contribution in [2.24, 2.45) is 0 Å². The number of hydrogen-bond donors (Lipinski definition) is 0. The Bertz CT molecular complexity index is 561. The summed E-state index contributed by atoms with van der Waals surface area (Å²) in [6, 6.07) is 13.8. The lowest BCUT2D eigenvalue weighted by molar-refractivity contribution is -0.118. The van der Waals surface area contributed by atoms with Gasteiger partial charge in [0.15, 0.2) is 0 Å². The van der Waals surface area contributed by atoms with Gasteiger partial charge in [-0.3, -0.25) is 9.78 Å². The summed E-state index contributed by atoms with van der Waals surface area (Å²) in [6.07, 6.45) is 2.15. The summed E-state index contributed by atoms with van der Waals surface area (Å²) < 4.78 is 0. The highest BCUT2D eigenvalue weighted by molar-refractivity contribution is 5.95. The van der Waals surface area contributed by atoms with Crippen LogP contribution in [-0.4, -0.2) is 16.9 Å². The van der Waals surface area contributed by atoms with Crippen LogP contribution in [-0.2, 0) is 11.2 Å². The van der Waals surface area contributed by atoms with Crippen molar-refractivity contribution in [3.8, 4) is 0 Å². The number of pyridine rings is 1. The number of rotatable bonds is 4. The molecule has 3 nitrogen and oxygen atoms in total. The minimum atomic E-state index is 0.0943. The van der Waals surface area contributed by atoms with Crippen LogP contribution in [0.2, 0.25) is 0 Å². The first kappa shape index (κ1) is 14.3. The summed E-state index contributed by atoms with van der Waals surface area (Å²) >= 11 is 0. The van der Waals surface area contributed by atoms with Crippen molar-refractivity contribution in [3.63, 3.8) is 0 Å². The Morgan fingerprint density at radius 1 is 1.15 bits per heavy atom. The summed E-state index contributed by atoms with van der Waals surface area (Å²) in [7, 11) is 0. The Labute approximate surface area is 120 Å². The molecule has 1 aromatic heterocycles. The monoisotopic (exact) mass is 268 g/mol. The quantitative estimate of drug-likeness (QED) is 0.851. The molecule has 0 saturated heterocycles. The number of para-hydroxylation sites is 1. The lowest BCUT2D eigenvalue weighted by Gasteiger charge is -2.27. The first-order chi connectivity index (χ1) is 9.58. The van der Waals surface area contributed by atoms with Crippen molar-refractivity contribution in [1.82, 2.24) is 4.98 Å². The number of amides is 1. The van der Waals surface area contributed by atoms with E-state index in [9.17, 15) is 4.79 Å². The van der Waals surface area contributed by atoms with Crippen LogP contribution in [0.4, 0.5) is 5.69 Å². The van der Waals surface area contributed by atoms with E-state index >= 15 is 0 Å². The maximum atomic E-state index is 12.5. The molecule has 1 amide bonds. The fourth-order valence-corrected chi connectivity index (χ4v) is 2.18. The summed E-state index contributed by atoms with van der Waals surface area (Å²) in [6.45, 7) is 5.99. The van der Waals surface area contributed by atoms with Gasteiger partial charge in [-0.2, -0.15) is 0 Å². The van der Waals surface area contributed by atoms with Gasteiger partial charge in [0, 0.05) is 23.6 Å². The lowest BCUT2D eigenvalue weighted by Crippen LogP contribution is -2.38. The van der Waals surface area contributed by atoms with E-state index in [1.165, 1.54) is 0 Å². The number of hydrogen-bond acceptors (Lipinski definition) is 2. The molecule has 0 aliphatic rings. The van der Waals surface area contributed by atoms with Crippen molar-refractivity contribution in [3.05, 3.63) is 59.9 Å². The van der Waals surface area contributed by atoms with Gasteiger partial charge in [0.1, 0.15) is 0 Å². The minimum absolute atomic E-state index is 0.0943. The highest BCUT2D eigenvalue weighted by atomic mass is 16.2. The molecule has 0 saturated carbocycles. The maximum absolute atomic E-state index is 12.5. The Balaban J connectivity index is 2.18. The third kappa shape index (κ3) is 3.44. The van der Waals surface area contributed by atoms with Gasteiger partial charge in [0.25, 0.3) is 0 Å². The minimum Gasteiger partial charge on any atom is -0.310 e. The van der Waals surface area contributed by atoms with Crippen LogP contribution in [0.5, 0.6) is 0 Å². The summed E-state index contributed by atoms with van der Waals surface area (Å²) in [5.41, 5.74) is 2.85. The Hall–Kier alpha value is -2.16. The second-order valence-electron chi connectivity index (χ2n) is 5.18. The van der Waals surface area contributed by atoms with Crippen molar-refractivity contribution in [2.45, 2.75) is 33.2 Å². The zero-order valence-corrected chi connectivity index (χ0v) is 12.2. The van der Waals surface area contributed by atoms with Crippen LogP contribution in [0.3, 0.4) is 0 Å². The molecule has 0 radical (unpaired) electrons. The standard InChI is InChI=1S/C17H20N2O/c1-13(2)19(16-7-5-4-6-8-16)17(20)11-15-10-9-14(3)18-12-15/h4-10,12-13H,11H2,1-3H3. The lowest BCUT2D eigenvalue weighted by atomic mass is 10.1. The highest BCUT2D eigenvalue weighted by Crippen LogP contribution is 2.18. The van der Waals surface area contributed by atoms with Crippen molar-refractivity contribution in [2.75, 3.05) is 4.90 Å². The third-order valence-electron chi connectivity index (χ3n) is 3.15. The SMILES string of the molecule is Cc1ccc(CC(=O)N(c2ccccc2)C(C)C)cn1. The van der Waals surface area contributed by atoms with Gasteiger partial charge in [0.2, 0.25) is 5.91 Å². The van der Waals surface area contributed by atoms with Crippen LogP contribution in [0.1, 0.15) is 25.1 Å². The van der Waals surface area contributed by atoms with E-state index < -0.39 is 0 Å². The number of carbonyl (C=O) groups is 1. The van der Waals surface area contributed by atoms with Crippen molar-refractivity contribution < 1.29 is 4.79 Å². The molecular weight excluding hydrogens is 248 g/mol. The average molecular weight is 268 g/mol. The Kier molecular flexibility index (Phi) is 4.51. The second kappa shape index (κ2) is 6.33. The topological polar surface area (TPSA) is 33.2 Å². The van der Waals surface area contributed by atoms with Crippen LogP contribution in [0, 0.1) is 6.92 Å². The summed E-state index contributed by atoms with van der Waals surface area (Å²) in [5.74, 6) is 0.0943. The fourth-order valence-electron chi connectivity index (χ4n) is 2.18. The Morgan fingerprint density at radius 2 is 1.85 bits per heavy atom. The third-order valence-corrected chi connectivity index (χ3v) is 3.15. The molecule has 0 N–H and O–H groups in total. The number of anilines is 1. The first-order valence-electron chi connectivity index (χ1n) is 6.86. The molecule has 0 aliphatic carbocycles. The molecule has 1 aromatic carbocycles. The van der Waals surface area contributed by atoms with Crippen molar-refractivity contribution >= 4 is 11.6 Å². The van der Waals surface area contributed by atoms with Crippen LogP contribution < -0.4 is 4.90 Å². The van der Waals surface area contributed by atoms with E-state index in [0.29, 0.717) is 6.42 Å². The molecule has 2 aromatic rings. The van der Waals surface area contributed by atoms with Gasteiger partial charge >= 0.3 is 0 Å². The summed E-state index contributed by atoms with van der Waals surface area (Å²) in [4.78, 5) is 18.6. The van der Waals surface area contributed by atoms with Crippen LogP contribution in [0.25, 0.3) is 0 Å². The number of aryl methyl sites for hydroxylation is 1. The molecule has 20 heavy (non-hydrogen) atoms. The molecule has 0 unspecified atom stereocenters. The largest absolute Gasteiger partial charge is 0.310 e. The summed E-state index contributed by atoms with van der Waals surface area (Å²) in [5, 5.41) is 0. The van der Waals surface area contributed by atoms with E-state index in [2.05, 4.69) is 4.98 Å². The molecule has 0 atom stereocenters. The molecule has 104 valence electrons. The Morgan fingerprint density at radius 3 is 2.40 bits per heavy atom. The average Bonchev–Trinajstić information content (AvgIpc) is 2.42. The predicted octanol–water partition coefficient (Wildman–Crippen LogP) is 3.37. The molecular formula is C17H20N2O.